The van der Waals surface area contributed by atoms with Crippen LogP contribution in [0.4, 0.5) is 0 Å². The van der Waals surface area contributed by atoms with E-state index < -0.39 is 214 Å². The Morgan fingerprint density at radius 1 is 0.510 bits per heavy atom. The zero-order chi connectivity index (χ0) is 71.8. The summed E-state index contributed by atoms with van der Waals surface area (Å²) in [5.74, 6) is -17.6. The molecule has 0 aliphatic heterocycles. The van der Waals surface area contributed by atoms with Gasteiger partial charge in [-0.05, 0) is 69.3 Å². The molecule has 3 aromatic rings. The molecule has 96 heavy (non-hydrogen) atoms. The maximum atomic E-state index is 14.2. The molecule has 0 saturated carbocycles. The van der Waals surface area contributed by atoms with Crippen LogP contribution < -0.4 is 75.7 Å². The van der Waals surface area contributed by atoms with Crippen molar-refractivity contribution in [2.45, 2.75) is 150 Å². The number of aromatic amines is 1. The molecule has 1 aromatic heterocycles. The molecule has 2 aromatic carbocycles. The first-order valence-electron chi connectivity index (χ1n) is 29.9. The highest BCUT2D eigenvalue weighted by Gasteiger charge is 2.38. The molecule has 0 saturated heterocycles. The number of benzene rings is 2. The van der Waals surface area contributed by atoms with Gasteiger partial charge < -0.3 is 122 Å². The number of aliphatic hydroxyl groups excluding tert-OH is 5. The summed E-state index contributed by atoms with van der Waals surface area (Å²) in [5, 5.41) is 105. The number of aliphatic hydroxyl groups is 5. The van der Waals surface area contributed by atoms with Crippen LogP contribution in [0.2, 0.25) is 0 Å². The molecule has 0 bridgehead atoms. The van der Waals surface area contributed by atoms with Crippen LogP contribution in [-0.4, -0.2) is 245 Å². The largest absolute Gasteiger partial charge is 0.508 e. The first-order valence-corrected chi connectivity index (χ1v) is 29.9. The van der Waals surface area contributed by atoms with E-state index in [4.69, 9.17) is 17.2 Å². The lowest BCUT2D eigenvalue weighted by molar-refractivity contribution is -0.143. The van der Waals surface area contributed by atoms with Crippen molar-refractivity contribution in [3.63, 3.8) is 0 Å². The Morgan fingerprint density at radius 2 is 0.958 bits per heavy atom. The van der Waals surface area contributed by atoms with Crippen LogP contribution in [0.5, 0.6) is 5.75 Å². The molecule has 13 atom stereocenters. The van der Waals surface area contributed by atoms with Crippen molar-refractivity contribution in [2.24, 2.45) is 17.2 Å². The number of aliphatic carboxylic acids is 2. The van der Waals surface area contributed by atoms with Crippen LogP contribution in [0.1, 0.15) is 69.2 Å². The maximum Gasteiger partial charge on any atom is 0.326 e. The van der Waals surface area contributed by atoms with Crippen molar-refractivity contribution in [1.82, 2.24) is 68.5 Å². The fourth-order valence-electron chi connectivity index (χ4n) is 8.87. The average molecular weight is 1360 g/mol. The minimum atomic E-state index is -2.13. The van der Waals surface area contributed by atoms with Gasteiger partial charge in [-0.3, -0.25) is 62.3 Å². The number of primary amides is 1. The van der Waals surface area contributed by atoms with Gasteiger partial charge in [-0.25, -0.2) is 9.78 Å². The van der Waals surface area contributed by atoms with Crippen molar-refractivity contribution < 1.29 is 108 Å². The van der Waals surface area contributed by atoms with Crippen LogP contribution in [0.3, 0.4) is 0 Å². The molecule has 0 fully saturated rings. The summed E-state index contributed by atoms with van der Waals surface area (Å²) in [6.45, 7) is -2.04. The van der Waals surface area contributed by atoms with Gasteiger partial charge in [0.05, 0.1) is 63.1 Å². The van der Waals surface area contributed by atoms with E-state index in [1.165, 1.54) is 48.9 Å². The third kappa shape index (κ3) is 27.8. The lowest BCUT2D eigenvalue weighted by Gasteiger charge is -2.28. The molecule has 0 spiro atoms. The standard InChI is InChI=1S/C58H84N16O22/c1-28(78)46(73-44(82)23-63-49(86)35(15-16-43(61)81)65-53(90)40(24-75)70-48(85)34(60)20-32-22-62-27-64-32)56(93)69-38(18-30-8-4-3-5-9-30)52(89)74-47(29(2)79)57(94)72-42(26-77)55(92)68-39(21-45(83)84)51(88)67-37(19-31-11-13-33(80)14-12-31)50(87)71-41(25-76)54(91)66-36(58(95)96)10-6-7-17-59/h3-5,8-9,11-14,22,27-29,34-42,46-47,75-80H,6-7,10,15-21,23-26,59-60H2,1-2H3,(H2,61,81)(H,62,64)(H,63,86)(H,65,90)(H,66,91)(H,67,88)(H,68,92)(H,69,93)(H,70,85)(H,71,87)(H,72,94)(H,73,82)(H,74,89)(H,83,84)(H,95,96)/t28-,29-,34+,35+,36+,37+,38+,39+,40+,41+,42+,46+,47+/m1/s1. The summed E-state index contributed by atoms with van der Waals surface area (Å²) in [4.78, 5) is 192. The maximum absolute atomic E-state index is 14.2. The number of H-pyrrole nitrogens is 1. The topological polar surface area (TPSA) is 640 Å². The number of hydrogen-bond acceptors (Lipinski definition) is 23. The number of carboxylic acids is 2. The highest BCUT2D eigenvalue weighted by atomic mass is 16.4. The van der Waals surface area contributed by atoms with Gasteiger partial charge in [-0.15, -0.1) is 0 Å². The van der Waals surface area contributed by atoms with Gasteiger partial charge in [-0.2, -0.15) is 0 Å². The number of aromatic hydroxyl groups is 1. The minimum Gasteiger partial charge on any atom is -0.508 e. The van der Waals surface area contributed by atoms with Gasteiger partial charge in [0, 0.05) is 31.9 Å². The van der Waals surface area contributed by atoms with E-state index in [0.717, 1.165) is 13.8 Å². The van der Waals surface area contributed by atoms with Gasteiger partial charge >= 0.3 is 11.9 Å². The van der Waals surface area contributed by atoms with E-state index >= 15 is 0 Å². The van der Waals surface area contributed by atoms with Crippen LogP contribution in [0.15, 0.2) is 67.1 Å². The zero-order valence-corrected chi connectivity index (χ0v) is 52.2. The monoisotopic (exact) mass is 1360 g/mol. The number of nitrogens with zero attached hydrogens (tertiary/aromatic N) is 1. The SMILES string of the molecule is C[C@@H](O)[C@H](NC(=O)CNC(=O)[C@H](CCC(N)=O)NC(=O)[C@H](CO)NC(=O)[C@@H](N)Cc1c[nH]cn1)C(=O)N[C@@H](Cc1ccccc1)C(=O)N[C@H](C(=O)N[C@@H](CO)C(=O)N[C@@H](CC(=O)O)C(=O)N[C@@H](Cc1ccc(O)cc1)C(=O)N[C@@H](CO)C(=O)N[C@@H](CCCCN)C(=O)O)[C@@H](C)O. The Bertz CT molecular complexity index is 3120. The van der Waals surface area contributed by atoms with E-state index in [1.807, 2.05) is 5.32 Å². The molecular formula is C58H84N16O22. The van der Waals surface area contributed by atoms with Gasteiger partial charge in [0.25, 0.3) is 0 Å². The van der Waals surface area contributed by atoms with E-state index in [-0.39, 0.29) is 43.5 Å². The number of unbranched alkanes of at least 4 members (excludes halogenated alkanes) is 1. The summed E-state index contributed by atoms with van der Waals surface area (Å²) in [6.07, 6.45) is -3.23. The molecule has 38 heteroatoms. The van der Waals surface area contributed by atoms with Crippen molar-refractivity contribution in [3.05, 3.63) is 83.9 Å². The van der Waals surface area contributed by atoms with Crippen molar-refractivity contribution in [2.75, 3.05) is 32.9 Å². The van der Waals surface area contributed by atoms with E-state index in [1.54, 1.807) is 18.2 Å². The normalized spacial score (nSPS) is 15.1. The summed E-state index contributed by atoms with van der Waals surface area (Å²) >= 11 is 0. The lowest BCUT2D eigenvalue weighted by Crippen LogP contribution is -2.63. The number of phenolic OH excluding ortho intramolecular Hbond substituents is 1. The number of rotatable bonds is 43. The molecule has 528 valence electrons. The molecule has 0 unspecified atom stereocenters. The molecule has 0 aliphatic rings. The highest BCUT2D eigenvalue weighted by Crippen LogP contribution is 2.14. The number of carbonyl (C=O) groups is 14. The van der Waals surface area contributed by atoms with Gasteiger partial charge in [0.15, 0.2) is 0 Å². The van der Waals surface area contributed by atoms with E-state index in [0.29, 0.717) is 17.7 Å². The number of amides is 12. The second-order valence-electron chi connectivity index (χ2n) is 21.9. The first kappa shape index (κ1) is 80.0. The Morgan fingerprint density at radius 3 is 1.45 bits per heavy atom. The summed E-state index contributed by atoms with van der Waals surface area (Å²) in [5.41, 5.74) is 17.7. The second-order valence-corrected chi connectivity index (χ2v) is 21.9. The van der Waals surface area contributed by atoms with Crippen molar-refractivity contribution in [3.8, 4) is 5.75 Å². The number of aromatic nitrogens is 2. The van der Waals surface area contributed by atoms with Crippen LogP contribution in [0, 0.1) is 0 Å². The highest BCUT2D eigenvalue weighted by molar-refractivity contribution is 6.00. The van der Waals surface area contributed by atoms with Crippen LogP contribution in [-0.2, 0) is 86.4 Å². The Labute approximate surface area is 547 Å². The number of carboxylic acid groups (broad SMARTS) is 2. The second kappa shape index (κ2) is 40.8. The Balaban J connectivity index is 1.80. The van der Waals surface area contributed by atoms with E-state index in [9.17, 15) is 108 Å². The third-order valence-electron chi connectivity index (χ3n) is 14.1. The summed E-state index contributed by atoms with van der Waals surface area (Å²) < 4.78 is 0. The molecule has 12 amide bonds. The lowest BCUT2D eigenvalue weighted by atomic mass is 10.0. The Hall–Kier alpha value is -10.2. The fourth-order valence-corrected chi connectivity index (χ4v) is 8.87. The smallest absolute Gasteiger partial charge is 0.326 e. The van der Waals surface area contributed by atoms with Gasteiger partial charge in [0.1, 0.15) is 66.2 Å². The first-order chi connectivity index (χ1) is 45.4. The fraction of sp³-hybridized carbons (Fsp3) is 0.500. The van der Waals surface area contributed by atoms with Crippen molar-refractivity contribution >= 4 is 82.8 Å². The molecule has 0 radical (unpaired) electrons. The van der Waals surface area contributed by atoms with Crippen molar-refractivity contribution in [1.29, 1.82) is 0 Å². The Kier molecular flexibility index (Phi) is 34.0. The quantitative estimate of drug-likeness (QED) is 0.0234. The predicted molar refractivity (Wildman–Crippen MR) is 330 cm³/mol. The average Bonchev–Trinajstić information content (AvgIpc) is 0.994. The number of carbonyl (C=O) groups excluding carboxylic acids is 12. The van der Waals surface area contributed by atoms with Crippen LogP contribution in [0.25, 0.3) is 0 Å². The summed E-state index contributed by atoms with van der Waals surface area (Å²) in [7, 11) is 0. The molecule has 0 aliphatic carbocycles. The minimum absolute atomic E-state index is 0.0625. The van der Waals surface area contributed by atoms with Crippen LogP contribution >= 0.6 is 0 Å². The molecular weight excluding hydrogens is 1270 g/mol. The summed E-state index contributed by atoms with van der Waals surface area (Å²) in [6, 6.07) is -6.70. The molecule has 26 N–H and O–H groups in total. The number of nitrogens with two attached hydrogens (primary N) is 3. The third-order valence-corrected chi connectivity index (χ3v) is 14.1. The number of imidazole rings is 1. The zero-order valence-electron chi connectivity index (χ0n) is 52.2. The van der Waals surface area contributed by atoms with Gasteiger partial charge in [-0.1, -0.05) is 42.5 Å². The predicted octanol–water partition coefficient (Wildman–Crippen LogP) is -9.87. The molecule has 3 rings (SSSR count). The molecule has 1 heterocycles. The molecule has 38 nitrogen and oxygen atoms in total. The number of phenols is 1. The van der Waals surface area contributed by atoms with E-state index in [2.05, 4.69) is 63.1 Å². The number of hydrogen-bond donors (Lipinski definition) is 23. The van der Waals surface area contributed by atoms with Gasteiger partial charge in [0.2, 0.25) is 70.9 Å². The number of nitrogens with one attached hydrogen (secondary N) is 12.